The average Bonchev–Trinajstić information content (AvgIpc) is 3.77. The van der Waals surface area contributed by atoms with Crippen molar-refractivity contribution in [3.63, 3.8) is 0 Å². The highest BCUT2D eigenvalue weighted by Crippen LogP contribution is 2.47. The molecule has 2 aromatic heterocycles. The minimum absolute atomic E-state index is 0.485. The van der Waals surface area contributed by atoms with Gasteiger partial charge in [-0.15, -0.1) is 0 Å². The van der Waals surface area contributed by atoms with Crippen LogP contribution in [0.5, 0.6) is 0 Å². The van der Waals surface area contributed by atoms with Crippen LogP contribution in [0.2, 0.25) is 0 Å². The quantitative estimate of drug-likeness (QED) is 0.179. The van der Waals surface area contributed by atoms with Gasteiger partial charge in [-0.25, -0.2) is 0 Å². The second-order valence-electron chi connectivity index (χ2n) is 14.6. The summed E-state index contributed by atoms with van der Waals surface area (Å²) in [5, 5.41) is 8.37. The van der Waals surface area contributed by atoms with Crippen molar-refractivity contribution in [3.05, 3.63) is 187 Å². The zero-order chi connectivity index (χ0) is 35.8. The molecule has 0 fully saturated rings. The summed E-state index contributed by atoms with van der Waals surface area (Å²) in [6.45, 7) is 2.31. The lowest BCUT2D eigenvalue weighted by Gasteiger charge is -2.27. The molecule has 256 valence electrons. The maximum atomic E-state index is 6.92. The van der Waals surface area contributed by atoms with Gasteiger partial charge in [0, 0.05) is 38.9 Å². The number of furan rings is 1. The van der Waals surface area contributed by atoms with E-state index in [9.17, 15) is 0 Å². The minimum atomic E-state index is 0.485. The molecule has 3 nitrogen and oxygen atoms in total. The van der Waals surface area contributed by atoms with Crippen molar-refractivity contribution < 1.29 is 4.42 Å². The summed E-state index contributed by atoms with van der Waals surface area (Å²) in [5.74, 6) is 0.485. The molecule has 0 spiro atoms. The van der Waals surface area contributed by atoms with Crippen molar-refractivity contribution in [2.75, 3.05) is 4.90 Å². The van der Waals surface area contributed by atoms with Gasteiger partial charge in [-0.3, -0.25) is 0 Å². The predicted molar refractivity (Wildman–Crippen MR) is 228 cm³/mol. The number of anilines is 3. The van der Waals surface area contributed by atoms with Crippen molar-refractivity contribution in [1.82, 2.24) is 4.57 Å². The number of hydrogen-bond donors (Lipinski definition) is 0. The van der Waals surface area contributed by atoms with Gasteiger partial charge in [0.05, 0.1) is 11.2 Å². The fraction of sp³-hybridized carbons (Fsp3) is 0.0588. The van der Waals surface area contributed by atoms with E-state index in [1.807, 2.05) is 0 Å². The molecule has 1 unspecified atom stereocenters. The summed E-state index contributed by atoms with van der Waals surface area (Å²) in [5.41, 5.74) is 12.3. The molecule has 54 heavy (non-hydrogen) atoms. The van der Waals surface area contributed by atoms with Crippen LogP contribution in [0.25, 0.3) is 77.3 Å². The third-order valence-electron chi connectivity index (χ3n) is 11.3. The highest BCUT2D eigenvalue weighted by Gasteiger charge is 2.25. The molecule has 0 aliphatic heterocycles. The molecule has 11 rings (SSSR count). The predicted octanol–water partition coefficient (Wildman–Crippen LogP) is 14.2. The van der Waals surface area contributed by atoms with Gasteiger partial charge < -0.3 is 13.9 Å². The first-order chi connectivity index (χ1) is 26.7. The lowest BCUT2D eigenvalue weighted by atomic mass is 9.93. The largest absolute Gasteiger partial charge is 0.454 e. The number of nitrogens with zero attached hydrogens (tertiary/aromatic N) is 2. The lowest BCUT2D eigenvalue weighted by molar-refractivity contribution is 0.669. The molecule has 1 aliphatic carbocycles. The van der Waals surface area contributed by atoms with Gasteiger partial charge in [0.25, 0.3) is 0 Å². The number of allylic oxidation sites excluding steroid dienone is 1. The molecular formula is C51H36N2O. The molecule has 2 heterocycles. The Kier molecular flexibility index (Phi) is 6.90. The monoisotopic (exact) mass is 692 g/mol. The Bertz CT molecular complexity index is 3090. The standard InChI is InChI=1S/C51H36N2O/c1-33-23-27-46-45(29-33)42-26-25-38(32-48(42)53(46)37-17-6-3-7-18-37)52(39-30-36-16-9-10-19-40(36)44(31-39)34-13-4-2-5-14-34)47-22-12-21-43-50-41-20-11-8-15-35(41)24-28-49(50)54-51(43)47/h2-28,30-33H,29H2,1H3. The number of aromatic nitrogens is 1. The van der Waals surface area contributed by atoms with Crippen LogP contribution >= 0.6 is 0 Å². The summed E-state index contributed by atoms with van der Waals surface area (Å²) >= 11 is 0. The number of hydrogen-bond acceptors (Lipinski definition) is 2. The Morgan fingerprint density at radius 1 is 0.593 bits per heavy atom. The fourth-order valence-corrected chi connectivity index (χ4v) is 8.83. The van der Waals surface area contributed by atoms with Crippen LogP contribution in [0.3, 0.4) is 0 Å². The normalized spacial score (nSPS) is 14.1. The van der Waals surface area contributed by atoms with Crippen LogP contribution in [0.15, 0.2) is 180 Å². The summed E-state index contributed by atoms with van der Waals surface area (Å²) < 4.78 is 9.36. The Hall–Kier alpha value is -6.84. The van der Waals surface area contributed by atoms with Crippen LogP contribution in [0.4, 0.5) is 17.1 Å². The van der Waals surface area contributed by atoms with Crippen molar-refractivity contribution in [2.24, 2.45) is 5.92 Å². The zero-order valence-electron chi connectivity index (χ0n) is 29.9. The van der Waals surface area contributed by atoms with Gasteiger partial charge in [0.15, 0.2) is 5.58 Å². The lowest BCUT2D eigenvalue weighted by Crippen LogP contribution is -2.11. The molecule has 3 heteroatoms. The first-order valence-corrected chi connectivity index (χ1v) is 18.8. The second-order valence-corrected chi connectivity index (χ2v) is 14.6. The van der Waals surface area contributed by atoms with E-state index >= 15 is 0 Å². The molecule has 8 aromatic carbocycles. The summed E-state index contributed by atoms with van der Waals surface area (Å²) in [6.07, 6.45) is 5.69. The summed E-state index contributed by atoms with van der Waals surface area (Å²) in [7, 11) is 0. The van der Waals surface area contributed by atoms with Crippen LogP contribution in [0, 0.1) is 5.92 Å². The Labute approximate surface area is 313 Å². The van der Waals surface area contributed by atoms with E-state index in [2.05, 4.69) is 198 Å². The molecular weight excluding hydrogens is 657 g/mol. The van der Waals surface area contributed by atoms with Crippen molar-refractivity contribution in [3.8, 4) is 16.8 Å². The van der Waals surface area contributed by atoms with E-state index in [-0.39, 0.29) is 0 Å². The average molecular weight is 693 g/mol. The molecule has 0 radical (unpaired) electrons. The van der Waals surface area contributed by atoms with Crippen LogP contribution < -0.4 is 4.90 Å². The second kappa shape index (κ2) is 12.1. The first kappa shape index (κ1) is 30.8. The van der Waals surface area contributed by atoms with Crippen molar-refractivity contribution >= 4 is 77.5 Å². The third kappa shape index (κ3) is 4.75. The summed E-state index contributed by atoms with van der Waals surface area (Å²) in [6, 6.07) is 61.4. The van der Waals surface area contributed by atoms with E-state index in [1.54, 1.807) is 0 Å². The van der Waals surface area contributed by atoms with Crippen molar-refractivity contribution in [2.45, 2.75) is 13.3 Å². The number of rotatable bonds is 5. The summed E-state index contributed by atoms with van der Waals surface area (Å²) in [4.78, 5) is 2.41. The topological polar surface area (TPSA) is 21.3 Å². The zero-order valence-corrected chi connectivity index (χ0v) is 29.9. The SMILES string of the molecule is CC1C=Cc2c(c3ccc(N(c4cc(-c5ccccc5)c5ccccc5c4)c4cccc5c4oc4ccc6ccccc6c45)cc3n2-c2ccccc2)C1. The van der Waals surface area contributed by atoms with Crippen LogP contribution in [-0.4, -0.2) is 4.57 Å². The van der Waals surface area contributed by atoms with E-state index in [0.29, 0.717) is 5.92 Å². The van der Waals surface area contributed by atoms with E-state index in [1.165, 1.54) is 54.8 Å². The van der Waals surface area contributed by atoms with Gasteiger partial charge >= 0.3 is 0 Å². The molecule has 0 saturated heterocycles. The Balaban J connectivity index is 1.23. The highest BCUT2D eigenvalue weighted by molar-refractivity contribution is 6.21. The molecule has 0 bridgehead atoms. The molecule has 1 atom stereocenters. The highest BCUT2D eigenvalue weighted by atomic mass is 16.3. The van der Waals surface area contributed by atoms with Crippen LogP contribution in [-0.2, 0) is 6.42 Å². The minimum Gasteiger partial charge on any atom is -0.454 e. The number of benzene rings is 8. The Morgan fingerprint density at radius 2 is 1.33 bits per heavy atom. The van der Waals surface area contributed by atoms with E-state index < -0.39 is 0 Å². The first-order valence-electron chi connectivity index (χ1n) is 18.8. The number of para-hydroxylation sites is 2. The van der Waals surface area contributed by atoms with Gasteiger partial charge in [0.1, 0.15) is 5.58 Å². The van der Waals surface area contributed by atoms with Crippen LogP contribution in [0.1, 0.15) is 18.2 Å². The number of fused-ring (bicyclic) bond motifs is 9. The Morgan fingerprint density at radius 3 is 2.19 bits per heavy atom. The van der Waals surface area contributed by atoms with Gasteiger partial charge in [-0.05, 0) is 105 Å². The smallest absolute Gasteiger partial charge is 0.159 e. The van der Waals surface area contributed by atoms with Gasteiger partial charge in [-0.1, -0.05) is 134 Å². The van der Waals surface area contributed by atoms with Gasteiger partial charge in [0.2, 0.25) is 0 Å². The van der Waals surface area contributed by atoms with Gasteiger partial charge in [-0.2, -0.15) is 0 Å². The maximum Gasteiger partial charge on any atom is 0.159 e. The fourth-order valence-electron chi connectivity index (χ4n) is 8.83. The molecule has 0 amide bonds. The molecule has 1 aliphatic rings. The molecule has 10 aromatic rings. The van der Waals surface area contributed by atoms with E-state index in [4.69, 9.17) is 4.42 Å². The third-order valence-corrected chi connectivity index (χ3v) is 11.3. The maximum absolute atomic E-state index is 6.92. The van der Waals surface area contributed by atoms with Crippen molar-refractivity contribution in [1.29, 1.82) is 0 Å². The molecule has 0 N–H and O–H groups in total. The molecule has 0 saturated carbocycles. The van der Waals surface area contributed by atoms with E-state index in [0.717, 1.165) is 51.1 Å².